The number of hydrogen-bond acceptors (Lipinski definition) is 9. The number of hydrogen-bond donors (Lipinski definition) is 0. The highest BCUT2D eigenvalue weighted by Crippen LogP contribution is 2.27. The molecule has 0 spiro atoms. The van der Waals surface area contributed by atoms with Crippen molar-refractivity contribution in [3.8, 4) is 0 Å². The van der Waals surface area contributed by atoms with Gasteiger partial charge >= 0.3 is 6.16 Å². The largest absolute Gasteiger partial charge is 0.513 e. The average Bonchev–Trinajstić information content (AvgIpc) is 3.33. The normalized spacial score (nSPS) is 24.6. The summed E-state index contributed by atoms with van der Waals surface area (Å²) in [5.74, 6) is 0. The fraction of sp³-hybridized carbons (Fsp3) is 0.211. The van der Waals surface area contributed by atoms with E-state index < -0.39 is 17.6 Å². The maximum atomic E-state index is 12.6. The Morgan fingerprint density at radius 2 is 1.14 bits per heavy atom. The highest BCUT2D eigenvalue weighted by molar-refractivity contribution is 5.77. The van der Waals surface area contributed by atoms with Crippen molar-refractivity contribution in [3.63, 3.8) is 0 Å². The van der Waals surface area contributed by atoms with Crippen LogP contribution >= 0.6 is 0 Å². The third kappa shape index (κ3) is 3.98. The molecular formula is C19H16N6O3. The van der Waals surface area contributed by atoms with Crippen LogP contribution in [0.15, 0.2) is 91.5 Å². The average molecular weight is 376 g/mol. The van der Waals surface area contributed by atoms with E-state index in [9.17, 15) is 4.79 Å². The Hall–Kier alpha value is -3.75. The molecule has 0 fully saturated rings. The molecule has 0 aliphatic carbocycles. The summed E-state index contributed by atoms with van der Waals surface area (Å²) in [5, 5.41) is 22.6. The van der Waals surface area contributed by atoms with E-state index in [1.54, 1.807) is 0 Å². The van der Waals surface area contributed by atoms with Gasteiger partial charge in [-0.25, -0.2) is 4.79 Å². The number of benzene rings is 2. The number of ether oxygens (including phenoxy) is 2. The van der Waals surface area contributed by atoms with E-state index in [4.69, 9.17) is 9.47 Å². The molecule has 0 aromatic heterocycles. The molecule has 2 atom stereocenters. The third-order valence-corrected chi connectivity index (χ3v) is 4.17. The van der Waals surface area contributed by atoms with Gasteiger partial charge in [0.1, 0.15) is 0 Å². The lowest BCUT2D eigenvalue weighted by Gasteiger charge is -2.25. The van der Waals surface area contributed by atoms with Gasteiger partial charge in [-0.1, -0.05) is 60.7 Å². The third-order valence-electron chi connectivity index (χ3n) is 4.17. The van der Waals surface area contributed by atoms with Crippen LogP contribution in [0.1, 0.15) is 11.1 Å². The Bertz CT molecular complexity index is 855. The van der Waals surface area contributed by atoms with Crippen molar-refractivity contribution in [3.05, 3.63) is 71.8 Å². The molecule has 2 heterocycles. The molecule has 2 unspecified atom stereocenters. The highest BCUT2D eigenvalue weighted by Gasteiger charge is 2.42. The summed E-state index contributed by atoms with van der Waals surface area (Å²) < 4.78 is 11.0. The molecule has 0 saturated carbocycles. The van der Waals surface area contributed by atoms with Gasteiger partial charge in [0, 0.05) is 12.8 Å². The smallest absolute Gasteiger partial charge is 0.398 e. The van der Waals surface area contributed by atoms with Gasteiger partial charge in [0.25, 0.3) is 11.4 Å². The van der Waals surface area contributed by atoms with Gasteiger partial charge < -0.3 is 9.47 Å². The summed E-state index contributed by atoms with van der Waals surface area (Å²) in [6, 6.07) is 18.9. The van der Waals surface area contributed by atoms with Crippen LogP contribution in [0.4, 0.5) is 4.79 Å². The molecule has 28 heavy (non-hydrogen) atoms. The molecule has 140 valence electrons. The van der Waals surface area contributed by atoms with E-state index in [1.165, 1.54) is 12.4 Å². The van der Waals surface area contributed by atoms with Crippen LogP contribution in [-0.2, 0) is 22.3 Å². The summed E-state index contributed by atoms with van der Waals surface area (Å²) in [7, 11) is 0. The van der Waals surface area contributed by atoms with Gasteiger partial charge in [-0.3, -0.25) is 0 Å². The Labute approximate surface area is 160 Å². The van der Waals surface area contributed by atoms with Crippen LogP contribution < -0.4 is 0 Å². The molecule has 2 aromatic rings. The molecule has 2 aliphatic heterocycles. The number of nitrogens with zero attached hydrogens (tertiary/aromatic N) is 6. The van der Waals surface area contributed by atoms with Crippen molar-refractivity contribution in [2.24, 2.45) is 30.9 Å². The zero-order valence-electron chi connectivity index (χ0n) is 14.8. The topological polar surface area (TPSA) is 110 Å². The van der Waals surface area contributed by atoms with Crippen LogP contribution in [0.3, 0.4) is 0 Å². The van der Waals surface area contributed by atoms with Gasteiger partial charge in [0.05, 0.1) is 12.4 Å². The van der Waals surface area contributed by atoms with E-state index in [0.717, 1.165) is 11.1 Å². The van der Waals surface area contributed by atoms with Crippen molar-refractivity contribution in [1.29, 1.82) is 0 Å². The van der Waals surface area contributed by atoms with Crippen molar-refractivity contribution in [2.45, 2.75) is 24.3 Å². The number of rotatable bonds is 6. The molecule has 2 aliphatic rings. The predicted molar refractivity (Wildman–Crippen MR) is 100 cm³/mol. The van der Waals surface area contributed by atoms with Gasteiger partial charge in [-0.2, -0.15) is 0 Å². The van der Waals surface area contributed by atoms with E-state index >= 15 is 0 Å². The molecule has 0 N–H and O–H groups in total. The first-order valence-electron chi connectivity index (χ1n) is 8.60. The van der Waals surface area contributed by atoms with Crippen molar-refractivity contribution < 1.29 is 14.3 Å². The minimum absolute atomic E-state index is 0.275. The summed E-state index contributed by atoms with van der Waals surface area (Å²) in [6.45, 7) is 0. The van der Waals surface area contributed by atoms with Crippen LogP contribution in [-0.4, -0.2) is 30.0 Å². The van der Waals surface area contributed by atoms with Gasteiger partial charge in [0.15, 0.2) is 0 Å². The monoisotopic (exact) mass is 376 g/mol. The lowest BCUT2D eigenvalue weighted by atomic mass is 10.0. The summed E-state index contributed by atoms with van der Waals surface area (Å²) in [6.07, 6.45) is 2.32. The molecule has 0 bridgehead atoms. The first-order valence-corrected chi connectivity index (χ1v) is 8.60. The minimum atomic E-state index is -1.36. The van der Waals surface area contributed by atoms with Gasteiger partial charge in [-0.15, -0.1) is 20.4 Å². The highest BCUT2D eigenvalue weighted by atomic mass is 16.8. The molecule has 0 radical (unpaired) electrons. The Morgan fingerprint density at radius 1 is 0.714 bits per heavy atom. The maximum Gasteiger partial charge on any atom is 0.513 e. The van der Waals surface area contributed by atoms with Crippen LogP contribution in [0.5, 0.6) is 0 Å². The van der Waals surface area contributed by atoms with Crippen molar-refractivity contribution in [2.75, 3.05) is 0 Å². The molecular weight excluding hydrogens is 360 g/mol. The zero-order chi connectivity index (χ0) is 19.3. The summed E-state index contributed by atoms with van der Waals surface area (Å²) in [4.78, 5) is 12.6. The second-order valence-corrected chi connectivity index (χ2v) is 6.34. The Kier molecular flexibility index (Phi) is 4.71. The molecule has 9 nitrogen and oxygen atoms in total. The second kappa shape index (κ2) is 7.47. The fourth-order valence-electron chi connectivity index (χ4n) is 2.90. The van der Waals surface area contributed by atoms with Crippen LogP contribution in [0.25, 0.3) is 0 Å². The molecule has 2 aromatic carbocycles. The minimum Gasteiger partial charge on any atom is -0.398 e. The first-order chi connectivity index (χ1) is 13.7. The summed E-state index contributed by atoms with van der Waals surface area (Å²) in [5.41, 5.74) is -0.911. The maximum absolute atomic E-state index is 12.6. The van der Waals surface area contributed by atoms with Gasteiger partial charge in [0.2, 0.25) is 0 Å². The Morgan fingerprint density at radius 3 is 1.50 bits per heavy atom. The van der Waals surface area contributed by atoms with Crippen LogP contribution in [0, 0.1) is 0 Å². The zero-order valence-corrected chi connectivity index (χ0v) is 14.8. The Balaban J connectivity index is 1.48. The van der Waals surface area contributed by atoms with Crippen LogP contribution in [0.2, 0.25) is 0 Å². The molecule has 4 rings (SSSR count). The molecule has 9 heteroatoms. The lowest BCUT2D eigenvalue weighted by Crippen LogP contribution is -2.41. The number of carbonyl (C=O) groups is 1. The van der Waals surface area contributed by atoms with E-state index in [0.29, 0.717) is 0 Å². The fourth-order valence-corrected chi connectivity index (χ4v) is 2.90. The lowest BCUT2D eigenvalue weighted by molar-refractivity contribution is -0.0312. The SMILES string of the molecule is O=C(OC1(Cc2ccccc2)C=NN=N1)OC1(Cc2ccccc2)C=NN=N1. The summed E-state index contributed by atoms with van der Waals surface area (Å²) >= 11 is 0. The van der Waals surface area contributed by atoms with Crippen molar-refractivity contribution >= 4 is 18.6 Å². The van der Waals surface area contributed by atoms with Crippen molar-refractivity contribution in [1.82, 2.24) is 0 Å². The standard InChI is InChI=1S/C19H16N6O3/c26-17(27-18(13-20-24-22-18)11-15-7-3-1-4-8-15)28-19(14-21-25-23-19)12-16-9-5-2-6-10-16/h1-10,13-14H,11-12H2. The van der Waals surface area contributed by atoms with Gasteiger partial charge in [-0.05, 0) is 21.6 Å². The van der Waals surface area contributed by atoms with E-state index in [-0.39, 0.29) is 12.8 Å². The first kappa shape index (κ1) is 17.7. The molecule has 0 amide bonds. The quantitative estimate of drug-likeness (QED) is 0.712. The van der Waals surface area contributed by atoms with E-state index in [2.05, 4.69) is 30.9 Å². The second-order valence-electron chi connectivity index (χ2n) is 6.34. The number of carbonyl (C=O) groups excluding carboxylic acids is 1. The predicted octanol–water partition coefficient (Wildman–Crippen LogP) is 3.92. The van der Waals surface area contributed by atoms with E-state index in [1.807, 2.05) is 60.7 Å². The molecule has 0 saturated heterocycles.